The highest BCUT2D eigenvalue weighted by molar-refractivity contribution is 5.88. The van der Waals surface area contributed by atoms with Gasteiger partial charge in [-0.15, -0.1) is 22.6 Å². The molecule has 1 aliphatic carbocycles. The fourth-order valence-electron chi connectivity index (χ4n) is 5.62. The van der Waals surface area contributed by atoms with E-state index < -0.39 is 12.0 Å². The Labute approximate surface area is 214 Å². The van der Waals surface area contributed by atoms with E-state index in [1.807, 2.05) is 18.2 Å². The predicted molar refractivity (Wildman–Crippen MR) is 139 cm³/mol. The third-order valence-electron chi connectivity index (χ3n) is 7.50. The van der Waals surface area contributed by atoms with Gasteiger partial charge in [0.25, 0.3) is 0 Å². The van der Waals surface area contributed by atoms with Crippen molar-refractivity contribution in [2.24, 2.45) is 11.8 Å². The summed E-state index contributed by atoms with van der Waals surface area (Å²) in [5.74, 6) is 1.30. The van der Waals surface area contributed by atoms with Crippen LogP contribution in [0.5, 0.6) is 5.75 Å². The van der Waals surface area contributed by atoms with Crippen LogP contribution in [0.4, 0.5) is 0 Å². The lowest BCUT2D eigenvalue weighted by Gasteiger charge is -2.41. The lowest BCUT2D eigenvalue weighted by Crippen LogP contribution is -2.50. The van der Waals surface area contributed by atoms with Crippen molar-refractivity contribution < 1.29 is 14.6 Å². The monoisotopic (exact) mass is 505 g/mol. The zero-order valence-corrected chi connectivity index (χ0v) is 20.4. The highest BCUT2D eigenvalue weighted by Crippen LogP contribution is 2.40. The predicted octanol–water partition coefficient (Wildman–Crippen LogP) is 4.72. The molecule has 186 valence electrons. The van der Waals surface area contributed by atoms with Gasteiger partial charge in [0.2, 0.25) is 5.82 Å². The van der Waals surface area contributed by atoms with Gasteiger partial charge in [0.05, 0.1) is 11.7 Å². The van der Waals surface area contributed by atoms with E-state index in [0.29, 0.717) is 24.1 Å². The van der Waals surface area contributed by atoms with E-state index >= 15 is 0 Å². The van der Waals surface area contributed by atoms with Gasteiger partial charge in [-0.1, -0.05) is 42.5 Å². The van der Waals surface area contributed by atoms with Crippen molar-refractivity contribution in [2.45, 2.75) is 37.8 Å². The molecule has 0 bridgehead atoms. The van der Waals surface area contributed by atoms with Crippen LogP contribution in [0, 0.1) is 11.8 Å². The number of fused-ring (bicyclic) bond motifs is 2. The maximum absolute atomic E-state index is 11.5. The lowest BCUT2D eigenvalue weighted by atomic mass is 9.72. The number of H-pyrrole nitrogens is 1. The first-order valence-electron chi connectivity index (χ1n) is 12.1. The number of halogens is 1. The molecule has 2 aliphatic rings. The Hall–Kier alpha value is -3.49. The number of carboxylic acids is 1. The molecule has 9 heteroatoms. The molecule has 1 saturated carbocycles. The van der Waals surface area contributed by atoms with Gasteiger partial charge in [-0.3, -0.25) is 4.79 Å². The molecular weight excluding hydrogens is 478 g/mol. The zero-order chi connectivity index (χ0) is 23.8. The Morgan fingerprint density at radius 1 is 0.944 bits per heavy atom. The first-order valence-corrected chi connectivity index (χ1v) is 12.1. The van der Waals surface area contributed by atoms with Crippen LogP contribution in [0.3, 0.4) is 0 Å². The Morgan fingerprint density at radius 3 is 2.56 bits per heavy atom. The minimum absolute atomic E-state index is 0. The summed E-state index contributed by atoms with van der Waals surface area (Å²) in [6.45, 7) is 0.764. The van der Waals surface area contributed by atoms with Crippen molar-refractivity contribution in [3.05, 3.63) is 60.7 Å². The molecule has 1 saturated heterocycles. The normalized spacial score (nSPS) is 23.4. The Bertz CT molecular complexity index is 1360. The average Bonchev–Trinajstić information content (AvgIpc) is 3.43. The summed E-state index contributed by atoms with van der Waals surface area (Å²) in [4.78, 5) is 11.5. The van der Waals surface area contributed by atoms with Crippen molar-refractivity contribution in [1.29, 1.82) is 0 Å². The highest BCUT2D eigenvalue weighted by Gasteiger charge is 2.38. The molecule has 0 amide bonds. The number of carboxylic acid groups (broad SMARTS) is 1. The molecule has 2 heterocycles. The summed E-state index contributed by atoms with van der Waals surface area (Å²) >= 11 is 0. The number of hydrogen-bond donors (Lipinski definition) is 3. The molecule has 4 unspecified atom stereocenters. The van der Waals surface area contributed by atoms with Gasteiger partial charge in [-0.05, 0) is 89.4 Å². The number of hydrogen-bond acceptors (Lipinski definition) is 6. The number of tetrazole rings is 1. The second-order valence-corrected chi connectivity index (χ2v) is 9.62. The quantitative estimate of drug-likeness (QED) is 0.359. The number of aromatic nitrogens is 4. The minimum atomic E-state index is -0.769. The molecular formula is C27H28ClN5O3. The van der Waals surface area contributed by atoms with Crippen LogP contribution in [0.1, 0.15) is 25.7 Å². The molecule has 1 aliphatic heterocycles. The number of ether oxygens (including phenoxy) is 1. The van der Waals surface area contributed by atoms with Crippen molar-refractivity contribution in [3.63, 3.8) is 0 Å². The number of piperidine rings is 1. The minimum Gasteiger partial charge on any atom is -0.490 e. The van der Waals surface area contributed by atoms with Crippen LogP contribution in [0.15, 0.2) is 60.7 Å². The topological polar surface area (TPSA) is 113 Å². The Morgan fingerprint density at radius 2 is 1.75 bits per heavy atom. The fourth-order valence-corrected chi connectivity index (χ4v) is 5.62. The number of nitrogens with zero attached hydrogens (tertiary/aromatic N) is 3. The van der Waals surface area contributed by atoms with Crippen LogP contribution >= 0.6 is 12.4 Å². The third-order valence-corrected chi connectivity index (χ3v) is 7.50. The third kappa shape index (κ3) is 4.79. The Kier molecular flexibility index (Phi) is 6.89. The summed E-state index contributed by atoms with van der Waals surface area (Å²) in [5, 5.41) is 29.6. The summed E-state index contributed by atoms with van der Waals surface area (Å²) in [7, 11) is 0. The van der Waals surface area contributed by atoms with Crippen molar-refractivity contribution in [2.75, 3.05) is 6.54 Å². The van der Waals surface area contributed by atoms with Gasteiger partial charge < -0.3 is 15.2 Å². The van der Waals surface area contributed by atoms with Crippen LogP contribution in [-0.4, -0.2) is 50.4 Å². The van der Waals surface area contributed by atoms with Crippen molar-refractivity contribution in [1.82, 2.24) is 25.9 Å². The fraction of sp³-hybridized carbons (Fsp3) is 0.333. The molecule has 4 aromatic rings. The van der Waals surface area contributed by atoms with Crippen LogP contribution in [-0.2, 0) is 4.79 Å². The molecule has 1 aromatic heterocycles. The van der Waals surface area contributed by atoms with Gasteiger partial charge in [-0.2, -0.15) is 5.21 Å². The van der Waals surface area contributed by atoms with Gasteiger partial charge in [0, 0.05) is 0 Å². The maximum Gasteiger partial charge on any atom is 0.320 e. The molecule has 8 nitrogen and oxygen atoms in total. The second kappa shape index (κ2) is 10.2. The maximum atomic E-state index is 11.5. The molecule has 6 rings (SSSR count). The van der Waals surface area contributed by atoms with Crippen LogP contribution in [0.2, 0.25) is 0 Å². The number of aromatic amines is 1. The number of nitrogens with one attached hydrogen (secondary N) is 2. The number of rotatable bonds is 5. The first-order chi connectivity index (χ1) is 17.1. The first kappa shape index (κ1) is 24.2. The molecule has 36 heavy (non-hydrogen) atoms. The van der Waals surface area contributed by atoms with Gasteiger partial charge >= 0.3 is 5.97 Å². The van der Waals surface area contributed by atoms with Crippen LogP contribution in [0.25, 0.3) is 33.3 Å². The van der Waals surface area contributed by atoms with Crippen molar-refractivity contribution in [3.8, 4) is 28.3 Å². The number of aliphatic carboxylic acids is 1. The van der Waals surface area contributed by atoms with E-state index in [4.69, 9.17) is 4.74 Å². The standard InChI is InChI=1S/C27H27N5O3.ClH/c33-27(34)24-13-21-12-22(9-7-20(21)15-28-24)35-25-14-19(8-10-23(25)26-29-31-32-30-26)18-6-5-16-3-1-2-4-17(16)11-18;/h1-6,8,10-11,14,20-22,24,28H,7,9,12-13,15H2,(H,33,34)(H,29,30,31,32);1H. The highest BCUT2D eigenvalue weighted by atomic mass is 35.5. The summed E-state index contributed by atoms with van der Waals surface area (Å²) in [5.41, 5.74) is 2.96. The van der Waals surface area contributed by atoms with E-state index in [1.54, 1.807) is 0 Å². The van der Waals surface area contributed by atoms with Gasteiger partial charge in [0.15, 0.2) is 0 Å². The smallest absolute Gasteiger partial charge is 0.320 e. The molecule has 3 N–H and O–H groups in total. The zero-order valence-electron chi connectivity index (χ0n) is 19.6. The van der Waals surface area contributed by atoms with E-state index in [1.165, 1.54) is 10.8 Å². The van der Waals surface area contributed by atoms with E-state index in [0.717, 1.165) is 48.2 Å². The summed E-state index contributed by atoms with van der Waals surface area (Å²) < 4.78 is 6.62. The average molecular weight is 506 g/mol. The summed E-state index contributed by atoms with van der Waals surface area (Å²) in [6, 6.07) is 20.4. The number of benzene rings is 3. The van der Waals surface area contributed by atoms with E-state index in [9.17, 15) is 9.90 Å². The number of carbonyl (C=O) groups is 1. The largest absolute Gasteiger partial charge is 0.490 e. The molecule has 4 atom stereocenters. The van der Waals surface area contributed by atoms with Crippen LogP contribution < -0.4 is 10.1 Å². The molecule has 3 aromatic carbocycles. The van der Waals surface area contributed by atoms with Gasteiger partial charge in [0.1, 0.15) is 11.8 Å². The molecule has 0 radical (unpaired) electrons. The van der Waals surface area contributed by atoms with E-state index in [-0.39, 0.29) is 18.5 Å². The van der Waals surface area contributed by atoms with Gasteiger partial charge in [-0.25, -0.2) is 0 Å². The van der Waals surface area contributed by atoms with E-state index in [2.05, 4.69) is 68.4 Å². The molecule has 0 spiro atoms. The SMILES string of the molecule is Cl.O=C(O)C1CC2CC(Oc3cc(-c4ccc5ccccc5c4)ccc3-c3nn[nH]n3)CCC2CN1. The van der Waals surface area contributed by atoms with Crippen molar-refractivity contribution >= 4 is 29.1 Å². The second-order valence-electron chi connectivity index (χ2n) is 9.62. The Balaban J connectivity index is 0.00000267. The summed E-state index contributed by atoms with van der Waals surface area (Å²) in [6.07, 6.45) is 3.47. The molecule has 2 fully saturated rings. The lowest BCUT2D eigenvalue weighted by molar-refractivity contribution is -0.141.